The molecule has 0 bridgehead atoms. The van der Waals surface area contributed by atoms with Crippen LogP contribution in [0.1, 0.15) is 5.56 Å². The lowest BCUT2D eigenvalue weighted by Crippen LogP contribution is -2.42. The van der Waals surface area contributed by atoms with E-state index in [9.17, 15) is 19.5 Å². The number of morpholine rings is 1. The van der Waals surface area contributed by atoms with E-state index in [0.29, 0.717) is 26.3 Å². The Morgan fingerprint density at radius 3 is 2.76 bits per heavy atom. The van der Waals surface area contributed by atoms with Gasteiger partial charge in [-0.2, -0.15) is 5.10 Å². The van der Waals surface area contributed by atoms with Crippen LogP contribution in [0.25, 0.3) is 0 Å². The Bertz CT molecular complexity index is 643. The average molecular weight is 297 g/mol. The Morgan fingerprint density at radius 2 is 2.10 bits per heavy atom. The SMILES string of the molecule is O=C(CN1CCOCC1)N/N=C/c1c(O)[nH]c(=O)[nH]c1=O. The van der Waals surface area contributed by atoms with Crippen molar-refractivity contribution in [3.05, 3.63) is 26.4 Å². The molecule has 0 aliphatic carbocycles. The molecule has 0 atom stereocenters. The molecule has 0 radical (unpaired) electrons. The molecule has 0 unspecified atom stereocenters. The third-order valence-electron chi connectivity index (χ3n) is 2.81. The molecule has 1 aliphatic rings. The summed E-state index contributed by atoms with van der Waals surface area (Å²) in [4.78, 5) is 39.7. The third-order valence-corrected chi connectivity index (χ3v) is 2.81. The molecule has 1 aliphatic heterocycles. The Kier molecular flexibility index (Phi) is 4.85. The maximum Gasteiger partial charge on any atom is 0.328 e. The van der Waals surface area contributed by atoms with E-state index in [4.69, 9.17) is 4.74 Å². The summed E-state index contributed by atoms with van der Waals surface area (Å²) >= 11 is 0. The third kappa shape index (κ3) is 4.26. The number of nitrogens with zero attached hydrogens (tertiary/aromatic N) is 2. The molecule has 1 aromatic heterocycles. The number of ether oxygens (including phenoxy) is 1. The van der Waals surface area contributed by atoms with E-state index in [1.807, 2.05) is 14.9 Å². The number of amides is 1. The number of hydrazone groups is 1. The topological polar surface area (TPSA) is 140 Å². The zero-order chi connectivity index (χ0) is 15.2. The summed E-state index contributed by atoms with van der Waals surface area (Å²) in [5.74, 6) is -0.969. The van der Waals surface area contributed by atoms with Gasteiger partial charge in [-0.25, -0.2) is 10.2 Å². The van der Waals surface area contributed by atoms with Crippen LogP contribution in [-0.2, 0) is 9.53 Å². The van der Waals surface area contributed by atoms with E-state index in [0.717, 1.165) is 6.21 Å². The normalized spacial score (nSPS) is 16.2. The van der Waals surface area contributed by atoms with Crippen LogP contribution >= 0.6 is 0 Å². The Balaban J connectivity index is 1.91. The van der Waals surface area contributed by atoms with E-state index in [-0.39, 0.29) is 18.0 Å². The predicted molar refractivity (Wildman–Crippen MR) is 72.3 cm³/mol. The monoisotopic (exact) mass is 297 g/mol. The minimum Gasteiger partial charge on any atom is -0.494 e. The number of nitrogens with one attached hydrogen (secondary N) is 3. The average Bonchev–Trinajstić information content (AvgIpc) is 2.42. The molecule has 10 heteroatoms. The highest BCUT2D eigenvalue weighted by Gasteiger charge is 2.13. The quantitative estimate of drug-likeness (QED) is 0.359. The molecular formula is C11H15N5O5. The van der Waals surface area contributed by atoms with E-state index < -0.39 is 17.1 Å². The van der Waals surface area contributed by atoms with Crippen LogP contribution in [0.3, 0.4) is 0 Å². The number of hydrogen-bond donors (Lipinski definition) is 4. The molecule has 1 fully saturated rings. The smallest absolute Gasteiger partial charge is 0.328 e. The Morgan fingerprint density at radius 1 is 1.38 bits per heavy atom. The fourth-order valence-corrected chi connectivity index (χ4v) is 1.77. The van der Waals surface area contributed by atoms with Crippen molar-refractivity contribution >= 4 is 12.1 Å². The number of aromatic amines is 2. The zero-order valence-corrected chi connectivity index (χ0v) is 11.1. The molecule has 10 nitrogen and oxygen atoms in total. The summed E-state index contributed by atoms with van der Waals surface area (Å²) in [5, 5.41) is 13.0. The van der Waals surface area contributed by atoms with Gasteiger partial charge in [0.2, 0.25) is 5.88 Å². The molecule has 21 heavy (non-hydrogen) atoms. The zero-order valence-electron chi connectivity index (χ0n) is 11.1. The van der Waals surface area contributed by atoms with Gasteiger partial charge in [0.15, 0.2) is 0 Å². The number of H-pyrrole nitrogens is 2. The maximum absolute atomic E-state index is 11.6. The second-order valence-electron chi connectivity index (χ2n) is 4.35. The highest BCUT2D eigenvalue weighted by Crippen LogP contribution is 2.00. The van der Waals surface area contributed by atoms with E-state index in [1.54, 1.807) is 0 Å². The lowest BCUT2D eigenvalue weighted by Gasteiger charge is -2.25. The first-order valence-corrected chi connectivity index (χ1v) is 6.24. The van der Waals surface area contributed by atoms with Gasteiger partial charge in [-0.15, -0.1) is 0 Å². The van der Waals surface area contributed by atoms with Crippen molar-refractivity contribution in [3.63, 3.8) is 0 Å². The van der Waals surface area contributed by atoms with Gasteiger partial charge >= 0.3 is 5.69 Å². The minimum absolute atomic E-state index is 0.161. The van der Waals surface area contributed by atoms with Gasteiger partial charge in [-0.1, -0.05) is 0 Å². The number of carbonyl (C=O) groups excluding carboxylic acids is 1. The largest absolute Gasteiger partial charge is 0.494 e. The number of hydrogen-bond acceptors (Lipinski definition) is 7. The van der Waals surface area contributed by atoms with Crippen molar-refractivity contribution < 1.29 is 14.6 Å². The first-order valence-electron chi connectivity index (χ1n) is 6.24. The highest BCUT2D eigenvalue weighted by molar-refractivity contribution is 5.84. The van der Waals surface area contributed by atoms with Crippen molar-refractivity contribution in [1.29, 1.82) is 0 Å². The molecule has 1 aromatic rings. The molecule has 2 rings (SSSR count). The minimum atomic E-state index is -0.828. The van der Waals surface area contributed by atoms with E-state index in [1.165, 1.54) is 0 Å². The first kappa shape index (κ1) is 14.9. The number of rotatable bonds is 4. The van der Waals surface area contributed by atoms with Crippen LogP contribution in [-0.4, -0.2) is 64.9 Å². The van der Waals surface area contributed by atoms with Crippen molar-refractivity contribution in [2.75, 3.05) is 32.8 Å². The van der Waals surface area contributed by atoms with E-state index in [2.05, 4.69) is 10.5 Å². The molecule has 4 N–H and O–H groups in total. The summed E-state index contributed by atoms with van der Waals surface area (Å²) in [6.07, 6.45) is 0.960. The summed E-state index contributed by atoms with van der Waals surface area (Å²) in [6.45, 7) is 2.65. The molecule has 114 valence electrons. The molecule has 1 saturated heterocycles. The molecular weight excluding hydrogens is 282 g/mol. The van der Waals surface area contributed by atoms with Crippen molar-refractivity contribution in [2.45, 2.75) is 0 Å². The first-order chi connectivity index (χ1) is 10.1. The summed E-state index contributed by atoms with van der Waals surface area (Å²) in [7, 11) is 0. The second kappa shape index (κ2) is 6.81. The van der Waals surface area contributed by atoms with Crippen LogP contribution in [0.2, 0.25) is 0 Å². The van der Waals surface area contributed by atoms with Gasteiger partial charge < -0.3 is 9.84 Å². The van der Waals surface area contributed by atoms with E-state index >= 15 is 0 Å². The number of aromatic hydroxyl groups is 1. The maximum atomic E-state index is 11.6. The van der Waals surface area contributed by atoms with Gasteiger partial charge in [-0.3, -0.25) is 24.5 Å². The highest BCUT2D eigenvalue weighted by atomic mass is 16.5. The number of aromatic nitrogens is 2. The fourth-order valence-electron chi connectivity index (χ4n) is 1.77. The van der Waals surface area contributed by atoms with Crippen LogP contribution in [0.5, 0.6) is 5.88 Å². The van der Waals surface area contributed by atoms with Crippen LogP contribution in [0.4, 0.5) is 0 Å². The molecule has 0 aromatic carbocycles. The standard InChI is InChI=1S/C11H15N5O5/c17-8(6-16-1-3-21-4-2-16)15-12-5-7-9(18)13-11(20)14-10(7)19/h5H,1-4,6H2,(H,15,17)(H3,13,14,18,19,20)/b12-5+. The summed E-state index contributed by atoms with van der Waals surface area (Å²) in [6, 6.07) is 0. The predicted octanol–water partition coefficient (Wildman–Crippen LogP) is -2.45. The van der Waals surface area contributed by atoms with Gasteiger partial charge in [0.1, 0.15) is 5.56 Å². The van der Waals surface area contributed by atoms with Gasteiger partial charge in [0.25, 0.3) is 11.5 Å². The molecule has 0 spiro atoms. The fraction of sp³-hybridized carbons (Fsp3) is 0.455. The van der Waals surface area contributed by atoms with Gasteiger partial charge in [0.05, 0.1) is 26.0 Å². The Labute approximate surface area is 118 Å². The van der Waals surface area contributed by atoms with Crippen LogP contribution in [0, 0.1) is 0 Å². The van der Waals surface area contributed by atoms with Gasteiger partial charge in [0, 0.05) is 13.1 Å². The summed E-state index contributed by atoms with van der Waals surface area (Å²) < 4.78 is 5.16. The van der Waals surface area contributed by atoms with Crippen molar-refractivity contribution in [1.82, 2.24) is 20.3 Å². The second-order valence-corrected chi connectivity index (χ2v) is 4.35. The van der Waals surface area contributed by atoms with Crippen molar-refractivity contribution in [3.8, 4) is 5.88 Å². The summed E-state index contributed by atoms with van der Waals surface area (Å²) in [5.41, 5.74) is 0.360. The molecule has 0 saturated carbocycles. The van der Waals surface area contributed by atoms with Gasteiger partial charge in [-0.05, 0) is 0 Å². The van der Waals surface area contributed by atoms with Crippen LogP contribution in [0.15, 0.2) is 14.7 Å². The molecule has 1 amide bonds. The lowest BCUT2D eigenvalue weighted by atomic mass is 10.3. The number of carbonyl (C=O) groups is 1. The molecule has 2 heterocycles. The lowest BCUT2D eigenvalue weighted by molar-refractivity contribution is -0.123. The van der Waals surface area contributed by atoms with Crippen molar-refractivity contribution in [2.24, 2.45) is 5.10 Å². The Hall–Kier alpha value is -2.46. The van der Waals surface area contributed by atoms with Crippen LogP contribution < -0.4 is 16.7 Å².